The molecule has 1 rings (SSSR count). The van der Waals surface area contributed by atoms with Crippen LogP contribution in [0.4, 0.5) is 0 Å². The first-order valence-electron chi connectivity index (χ1n) is 9.55. The van der Waals surface area contributed by atoms with Gasteiger partial charge in [-0.05, 0) is 41.5 Å². The van der Waals surface area contributed by atoms with E-state index < -0.39 is 54.5 Å². The van der Waals surface area contributed by atoms with E-state index >= 15 is 0 Å². The highest BCUT2D eigenvalue weighted by atomic mass is 16.6. The maximum atomic E-state index is 12.2. The van der Waals surface area contributed by atoms with E-state index in [0.717, 1.165) is 0 Å². The number of carbonyl (C=O) groups is 3. The van der Waals surface area contributed by atoms with Gasteiger partial charge in [0.1, 0.15) is 18.3 Å². The van der Waals surface area contributed by atoms with Gasteiger partial charge in [-0.25, -0.2) is 14.4 Å². The highest BCUT2D eigenvalue weighted by Crippen LogP contribution is 2.30. The molecule has 0 aromatic rings. The van der Waals surface area contributed by atoms with E-state index in [1.165, 1.54) is 39.0 Å². The lowest BCUT2D eigenvalue weighted by molar-refractivity contribution is -0.244. The van der Waals surface area contributed by atoms with Gasteiger partial charge in [-0.1, -0.05) is 18.2 Å². The fourth-order valence-corrected chi connectivity index (χ4v) is 2.59. The van der Waals surface area contributed by atoms with Crippen LogP contribution in [-0.2, 0) is 28.6 Å². The van der Waals surface area contributed by atoms with Crippen molar-refractivity contribution in [1.29, 1.82) is 0 Å². The molecule has 0 spiro atoms. The number of carbonyl (C=O) groups excluding carboxylic acids is 3. The van der Waals surface area contributed by atoms with Gasteiger partial charge < -0.3 is 29.5 Å². The molecule has 1 aliphatic carbocycles. The fourth-order valence-electron chi connectivity index (χ4n) is 2.59. The number of hydrogen-bond acceptors (Lipinski definition) is 9. The lowest BCUT2D eigenvalue weighted by Gasteiger charge is -2.43. The van der Waals surface area contributed by atoms with E-state index in [1.54, 1.807) is 20.8 Å². The van der Waals surface area contributed by atoms with Crippen molar-refractivity contribution in [1.82, 2.24) is 0 Å². The van der Waals surface area contributed by atoms with Crippen molar-refractivity contribution in [2.45, 2.75) is 78.2 Å². The highest BCUT2D eigenvalue weighted by Gasteiger charge is 2.55. The Balaban J connectivity index is 3.28. The van der Waals surface area contributed by atoms with Crippen LogP contribution < -0.4 is 0 Å². The van der Waals surface area contributed by atoms with Crippen molar-refractivity contribution < 1.29 is 43.9 Å². The van der Waals surface area contributed by atoms with Crippen LogP contribution in [-0.4, -0.2) is 69.9 Å². The van der Waals surface area contributed by atoms with Gasteiger partial charge in [0.15, 0.2) is 18.3 Å². The summed E-state index contributed by atoms with van der Waals surface area (Å²) in [5.41, 5.74) is 0.617. The Morgan fingerprint density at radius 2 is 0.767 bits per heavy atom. The third-order valence-electron chi connectivity index (χ3n) is 5.01. The van der Waals surface area contributed by atoms with Gasteiger partial charge in [0.05, 0.1) is 0 Å². The third-order valence-corrected chi connectivity index (χ3v) is 5.01. The molecule has 0 aromatic heterocycles. The second kappa shape index (κ2) is 11.1. The minimum absolute atomic E-state index is 0.206. The van der Waals surface area contributed by atoms with Crippen molar-refractivity contribution in [3.05, 3.63) is 34.9 Å². The minimum Gasteiger partial charge on any atom is -0.453 e. The molecule has 1 fully saturated rings. The zero-order valence-electron chi connectivity index (χ0n) is 18.0. The van der Waals surface area contributed by atoms with Gasteiger partial charge in [0.2, 0.25) is 0 Å². The van der Waals surface area contributed by atoms with Gasteiger partial charge in [-0.3, -0.25) is 0 Å². The summed E-state index contributed by atoms with van der Waals surface area (Å²) < 4.78 is 15.6. The Kier molecular flexibility index (Phi) is 9.41. The number of allylic oxidation sites excluding steroid dienone is 3. The summed E-state index contributed by atoms with van der Waals surface area (Å²) in [6.45, 7) is 9.21. The summed E-state index contributed by atoms with van der Waals surface area (Å²) in [6, 6.07) is 0. The molecule has 30 heavy (non-hydrogen) atoms. The van der Waals surface area contributed by atoms with Crippen molar-refractivity contribution in [2.24, 2.45) is 0 Å². The van der Waals surface area contributed by atoms with Crippen LogP contribution in [0.15, 0.2) is 34.9 Å². The molecule has 0 aliphatic heterocycles. The molecule has 1 aliphatic rings. The smallest absolute Gasteiger partial charge is 0.333 e. The molecule has 0 aromatic carbocycles. The standard InChI is InChI=1S/C21H30O9/c1-7-10(4)19(25)28-16-13(22)17(29-20(26)11(5)8-2)15(24)18(14(16)23)30-21(27)12(6)9-3/h7-9,13-18,22-24H,1-6H3. The van der Waals surface area contributed by atoms with E-state index in [4.69, 9.17) is 14.2 Å². The van der Waals surface area contributed by atoms with E-state index in [1.807, 2.05) is 0 Å². The molecule has 1 saturated carbocycles. The quantitative estimate of drug-likeness (QED) is 0.318. The van der Waals surface area contributed by atoms with Crippen LogP contribution >= 0.6 is 0 Å². The zero-order chi connectivity index (χ0) is 23.2. The second-order valence-electron chi connectivity index (χ2n) is 7.00. The molecule has 0 saturated heterocycles. The van der Waals surface area contributed by atoms with Crippen molar-refractivity contribution in [2.75, 3.05) is 0 Å². The highest BCUT2D eigenvalue weighted by molar-refractivity contribution is 5.89. The zero-order valence-corrected chi connectivity index (χ0v) is 18.0. The number of hydrogen-bond donors (Lipinski definition) is 3. The summed E-state index contributed by atoms with van der Waals surface area (Å²) in [4.78, 5) is 36.5. The Hall–Kier alpha value is -2.49. The number of rotatable bonds is 6. The number of aliphatic hydroxyl groups is 3. The lowest BCUT2D eigenvalue weighted by atomic mass is 9.84. The number of ether oxygens (including phenoxy) is 3. The van der Waals surface area contributed by atoms with E-state index in [0.29, 0.717) is 0 Å². The maximum absolute atomic E-state index is 12.2. The predicted octanol–water partition coefficient (Wildman–Crippen LogP) is 0.717. The monoisotopic (exact) mass is 426 g/mol. The molecule has 0 radical (unpaired) electrons. The molecule has 0 bridgehead atoms. The first kappa shape index (κ1) is 25.5. The largest absolute Gasteiger partial charge is 0.453 e. The van der Waals surface area contributed by atoms with Gasteiger partial charge in [-0.2, -0.15) is 0 Å². The molecule has 168 valence electrons. The van der Waals surface area contributed by atoms with Crippen LogP contribution in [0, 0.1) is 0 Å². The molecule has 9 nitrogen and oxygen atoms in total. The average Bonchev–Trinajstić information content (AvgIpc) is 2.74. The second-order valence-corrected chi connectivity index (χ2v) is 7.00. The summed E-state index contributed by atoms with van der Waals surface area (Å²) in [5, 5.41) is 31.9. The Morgan fingerprint density at radius 3 is 0.933 bits per heavy atom. The molecular formula is C21H30O9. The van der Waals surface area contributed by atoms with Crippen LogP contribution in [0.5, 0.6) is 0 Å². The van der Waals surface area contributed by atoms with E-state index in [2.05, 4.69) is 0 Å². The fraction of sp³-hybridized carbons (Fsp3) is 0.571. The first-order valence-corrected chi connectivity index (χ1v) is 9.55. The molecule has 0 amide bonds. The summed E-state index contributed by atoms with van der Waals surface area (Å²) in [6.07, 6.45) is -5.76. The molecule has 9 heteroatoms. The summed E-state index contributed by atoms with van der Waals surface area (Å²) >= 11 is 0. The molecule has 3 N–H and O–H groups in total. The van der Waals surface area contributed by atoms with Gasteiger partial charge in [-0.15, -0.1) is 0 Å². The Labute approximate surface area is 175 Å². The van der Waals surface area contributed by atoms with Crippen LogP contribution in [0.25, 0.3) is 0 Å². The third kappa shape index (κ3) is 5.78. The minimum atomic E-state index is -1.77. The van der Waals surface area contributed by atoms with Gasteiger partial charge >= 0.3 is 17.9 Å². The maximum Gasteiger partial charge on any atom is 0.333 e. The van der Waals surface area contributed by atoms with Crippen molar-refractivity contribution in [3.8, 4) is 0 Å². The average molecular weight is 426 g/mol. The van der Waals surface area contributed by atoms with Crippen molar-refractivity contribution >= 4 is 17.9 Å². The van der Waals surface area contributed by atoms with Crippen LogP contribution in [0.2, 0.25) is 0 Å². The molecular weight excluding hydrogens is 396 g/mol. The topological polar surface area (TPSA) is 140 Å². The van der Waals surface area contributed by atoms with Crippen LogP contribution in [0.3, 0.4) is 0 Å². The van der Waals surface area contributed by atoms with E-state index in [-0.39, 0.29) is 16.7 Å². The van der Waals surface area contributed by atoms with Crippen LogP contribution in [0.1, 0.15) is 41.5 Å². The predicted molar refractivity (Wildman–Crippen MR) is 106 cm³/mol. The van der Waals surface area contributed by atoms with Gasteiger partial charge in [0, 0.05) is 16.7 Å². The van der Waals surface area contributed by atoms with Crippen molar-refractivity contribution in [3.63, 3.8) is 0 Å². The normalized spacial score (nSPS) is 30.5. The Morgan fingerprint density at radius 1 is 0.567 bits per heavy atom. The number of esters is 3. The summed E-state index contributed by atoms with van der Waals surface area (Å²) in [5.74, 6) is -2.50. The first-order chi connectivity index (χ1) is 14.0. The Bertz CT molecular complexity index is 638. The summed E-state index contributed by atoms with van der Waals surface area (Å²) in [7, 11) is 0. The van der Waals surface area contributed by atoms with Gasteiger partial charge in [0.25, 0.3) is 0 Å². The number of aliphatic hydroxyl groups excluding tert-OH is 3. The molecule has 0 heterocycles. The van der Waals surface area contributed by atoms with E-state index in [9.17, 15) is 29.7 Å². The molecule has 0 unspecified atom stereocenters. The lowest BCUT2D eigenvalue weighted by Crippen LogP contribution is -2.66. The SMILES string of the molecule is CC=C(C)C(=O)OC1C(O)C(OC(=O)C(C)=CC)C(O)C(OC(=O)C(C)=CC)C1O. The molecule has 0 atom stereocenters.